The Morgan fingerprint density at radius 3 is 2.34 bits per heavy atom. The van der Waals surface area contributed by atoms with Gasteiger partial charge in [0.15, 0.2) is 0 Å². The summed E-state index contributed by atoms with van der Waals surface area (Å²) >= 11 is 0. The molecule has 3 rings (SSSR count). The van der Waals surface area contributed by atoms with Crippen LogP contribution in [0.2, 0.25) is 0 Å². The van der Waals surface area contributed by atoms with Gasteiger partial charge in [-0.2, -0.15) is 23.4 Å². The van der Waals surface area contributed by atoms with Gasteiger partial charge < -0.3 is 15.4 Å². The van der Waals surface area contributed by atoms with Gasteiger partial charge in [-0.25, -0.2) is 0 Å². The number of carbonyl (C=O) groups excluding carboxylic acids is 2. The molecule has 1 aromatic carbocycles. The normalized spacial score (nSPS) is 11.4. The zero-order valence-corrected chi connectivity index (χ0v) is 17.5. The molecule has 170 valence electrons. The number of hydrogen-bond acceptors (Lipinski definition) is 5. The molecule has 0 unspecified atom stereocenters. The van der Waals surface area contributed by atoms with Crippen molar-refractivity contribution in [3.05, 3.63) is 59.2 Å². The first-order chi connectivity index (χ1) is 15.0. The third-order valence-corrected chi connectivity index (χ3v) is 4.61. The van der Waals surface area contributed by atoms with Crippen molar-refractivity contribution in [3.8, 4) is 0 Å². The van der Waals surface area contributed by atoms with Crippen LogP contribution < -0.4 is 10.6 Å². The molecule has 9 nitrogen and oxygen atoms in total. The molecule has 0 aliphatic carbocycles. The van der Waals surface area contributed by atoms with E-state index in [1.165, 1.54) is 35.3 Å². The first-order valence-electron chi connectivity index (χ1n) is 9.42. The number of aromatic nitrogens is 4. The molecule has 0 spiro atoms. The molecule has 2 amide bonds. The molecule has 2 N–H and O–H groups in total. The Bertz CT molecular complexity index is 1140. The van der Waals surface area contributed by atoms with Gasteiger partial charge in [-0.05, 0) is 24.6 Å². The van der Waals surface area contributed by atoms with Crippen LogP contribution in [0.4, 0.5) is 24.5 Å². The van der Waals surface area contributed by atoms with Crippen LogP contribution in [-0.2, 0) is 25.4 Å². The number of carbonyl (C=O) groups is 2. The quantitative estimate of drug-likeness (QED) is 0.576. The fourth-order valence-corrected chi connectivity index (χ4v) is 2.88. The highest BCUT2D eigenvalue weighted by molar-refractivity contribution is 6.11. The van der Waals surface area contributed by atoms with Crippen LogP contribution in [0, 0.1) is 6.92 Å². The predicted octanol–water partition coefficient (Wildman–Crippen LogP) is 3.05. The largest absolute Gasteiger partial charge is 0.411 e. The van der Waals surface area contributed by atoms with Crippen LogP contribution in [0.15, 0.2) is 36.7 Å². The summed E-state index contributed by atoms with van der Waals surface area (Å²) in [5, 5.41) is 13.4. The van der Waals surface area contributed by atoms with E-state index >= 15 is 0 Å². The van der Waals surface area contributed by atoms with Crippen molar-refractivity contribution in [2.75, 3.05) is 17.2 Å². The lowest BCUT2D eigenvalue weighted by Crippen LogP contribution is -2.20. The monoisotopic (exact) mass is 450 g/mol. The number of nitrogens with one attached hydrogen (secondary N) is 2. The summed E-state index contributed by atoms with van der Waals surface area (Å²) in [4.78, 5) is 25.5. The fraction of sp³-hybridized carbons (Fsp3) is 0.300. The molecule has 2 heterocycles. The highest BCUT2D eigenvalue weighted by atomic mass is 19.4. The number of aryl methyl sites for hydroxylation is 2. The van der Waals surface area contributed by atoms with Crippen molar-refractivity contribution < 1.29 is 27.5 Å². The summed E-state index contributed by atoms with van der Waals surface area (Å²) in [5.41, 5.74) is 2.15. The van der Waals surface area contributed by atoms with Gasteiger partial charge in [0.1, 0.15) is 12.3 Å². The summed E-state index contributed by atoms with van der Waals surface area (Å²) in [7, 11) is 3.29. The minimum Gasteiger partial charge on any atom is -0.367 e. The van der Waals surface area contributed by atoms with Gasteiger partial charge in [-0.1, -0.05) is 12.1 Å². The molecule has 0 radical (unpaired) electrons. The molecule has 32 heavy (non-hydrogen) atoms. The lowest BCUT2D eigenvalue weighted by atomic mass is 10.1. The summed E-state index contributed by atoms with van der Waals surface area (Å²) in [6, 6.07) is 5.99. The van der Waals surface area contributed by atoms with Crippen molar-refractivity contribution >= 4 is 23.2 Å². The van der Waals surface area contributed by atoms with Gasteiger partial charge in [0, 0.05) is 19.7 Å². The van der Waals surface area contributed by atoms with Crippen LogP contribution in [0.25, 0.3) is 0 Å². The smallest absolute Gasteiger partial charge is 0.367 e. The number of amides is 2. The minimum absolute atomic E-state index is 0.117. The zero-order valence-electron chi connectivity index (χ0n) is 17.5. The molecule has 0 saturated heterocycles. The van der Waals surface area contributed by atoms with Crippen LogP contribution in [0.1, 0.15) is 32.1 Å². The molecule has 2 aromatic heterocycles. The fourth-order valence-electron chi connectivity index (χ4n) is 2.88. The van der Waals surface area contributed by atoms with E-state index in [1.54, 1.807) is 31.8 Å². The Balaban J connectivity index is 1.71. The number of rotatable bonds is 7. The predicted molar refractivity (Wildman–Crippen MR) is 109 cm³/mol. The lowest BCUT2D eigenvalue weighted by Gasteiger charge is -2.10. The number of nitrogens with zero attached hydrogens (tertiary/aromatic N) is 4. The van der Waals surface area contributed by atoms with Crippen LogP contribution in [0.5, 0.6) is 0 Å². The van der Waals surface area contributed by atoms with E-state index < -0.39 is 24.6 Å². The molecular weight excluding hydrogens is 429 g/mol. The SMILES string of the molecule is Cc1c(NC(=O)c2c(NC(=O)c3cccc(COCC(F)(F)F)c3)cnn2C)cnn1C. The molecule has 0 aliphatic rings. The summed E-state index contributed by atoms with van der Waals surface area (Å²) in [6.07, 6.45) is -1.59. The van der Waals surface area contributed by atoms with Gasteiger partial charge in [-0.3, -0.25) is 19.0 Å². The average molecular weight is 450 g/mol. The van der Waals surface area contributed by atoms with Gasteiger partial charge in [0.25, 0.3) is 11.8 Å². The second-order valence-corrected chi connectivity index (χ2v) is 7.01. The first-order valence-corrected chi connectivity index (χ1v) is 9.42. The first kappa shape index (κ1) is 23.0. The Labute approximate surface area is 181 Å². The summed E-state index contributed by atoms with van der Waals surface area (Å²) in [6.45, 7) is 0.111. The van der Waals surface area contributed by atoms with Crippen molar-refractivity contribution in [2.45, 2.75) is 19.7 Å². The molecule has 0 fully saturated rings. The van der Waals surface area contributed by atoms with Crippen molar-refractivity contribution in [1.29, 1.82) is 0 Å². The van der Waals surface area contributed by atoms with Crippen LogP contribution in [0.3, 0.4) is 0 Å². The number of hydrogen-bond donors (Lipinski definition) is 2. The van der Waals surface area contributed by atoms with Crippen LogP contribution in [-0.4, -0.2) is 44.2 Å². The van der Waals surface area contributed by atoms with E-state index in [2.05, 4.69) is 25.6 Å². The molecule has 0 aliphatic heterocycles. The van der Waals surface area contributed by atoms with Crippen molar-refractivity contribution in [1.82, 2.24) is 19.6 Å². The van der Waals surface area contributed by atoms with E-state index in [0.717, 1.165) is 5.69 Å². The van der Waals surface area contributed by atoms with Gasteiger partial charge in [-0.15, -0.1) is 0 Å². The van der Waals surface area contributed by atoms with E-state index in [-0.39, 0.29) is 23.6 Å². The number of ether oxygens (including phenoxy) is 1. The highest BCUT2D eigenvalue weighted by Gasteiger charge is 2.27. The summed E-state index contributed by atoms with van der Waals surface area (Å²) < 4.78 is 44.3. The van der Waals surface area contributed by atoms with Crippen LogP contribution >= 0.6 is 0 Å². The Kier molecular flexibility index (Phi) is 6.63. The second-order valence-electron chi connectivity index (χ2n) is 7.01. The summed E-state index contributed by atoms with van der Waals surface area (Å²) in [5.74, 6) is -1.05. The molecule has 12 heteroatoms. The zero-order chi connectivity index (χ0) is 23.5. The highest BCUT2D eigenvalue weighted by Crippen LogP contribution is 2.20. The van der Waals surface area contributed by atoms with Crippen molar-refractivity contribution in [3.63, 3.8) is 0 Å². The third-order valence-electron chi connectivity index (χ3n) is 4.61. The maximum absolute atomic E-state index is 12.8. The lowest BCUT2D eigenvalue weighted by molar-refractivity contribution is -0.176. The minimum atomic E-state index is -4.43. The van der Waals surface area contributed by atoms with Crippen molar-refractivity contribution in [2.24, 2.45) is 14.1 Å². The second kappa shape index (κ2) is 9.22. The number of anilines is 2. The molecular formula is C20H21F3N6O3. The Hall–Kier alpha value is -3.67. The third kappa shape index (κ3) is 5.52. The van der Waals surface area contributed by atoms with Gasteiger partial charge in [0.05, 0.1) is 36.1 Å². The standard InChI is InChI=1S/C20H21F3N6O3/c1-12-15(8-24-28(12)2)26-19(31)17-16(9-25-29(17)3)27-18(30)14-6-4-5-13(7-14)10-32-11-20(21,22)23/h4-9H,10-11H2,1-3H3,(H,26,31)(H,27,30). The maximum Gasteiger partial charge on any atom is 0.411 e. The average Bonchev–Trinajstić information content (AvgIpc) is 3.23. The van der Waals surface area contributed by atoms with Gasteiger partial charge in [0.2, 0.25) is 0 Å². The number of benzene rings is 1. The molecule has 3 aromatic rings. The number of alkyl halides is 3. The molecule has 0 atom stereocenters. The van der Waals surface area contributed by atoms with Gasteiger partial charge >= 0.3 is 6.18 Å². The van der Waals surface area contributed by atoms with E-state index in [1.807, 2.05) is 0 Å². The van der Waals surface area contributed by atoms with E-state index in [9.17, 15) is 22.8 Å². The van der Waals surface area contributed by atoms with E-state index in [4.69, 9.17) is 0 Å². The Morgan fingerprint density at radius 2 is 1.69 bits per heavy atom. The number of halogens is 3. The van der Waals surface area contributed by atoms with E-state index in [0.29, 0.717) is 11.3 Å². The Morgan fingerprint density at radius 1 is 1.03 bits per heavy atom. The maximum atomic E-state index is 12.8. The molecule has 0 bridgehead atoms. The topological polar surface area (TPSA) is 103 Å². The molecule has 0 saturated carbocycles.